The van der Waals surface area contributed by atoms with E-state index in [0.29, 0.717) is 6.42 Å². The van der Waals surface area contributed by atoms with Crippen LogP contribution in [0.5, 0.6) is 5.75 Å². The van der Waals surface area contributed by atoms with Crippen molar-refractivity contribution in [2.45, 2.75) is 19.4 Å². The predicted octanol–water partition coefficient (Wildman–Crippen LogP) is 1.76. The van der Waals surface area contributed by atoms with E-state index in [1.54, 1.807) is 19.1 Å². The highest BCUT2D eigenvalue weighted by Gasteiger charge is 2.04. The minimum atomic E-state index is -0.451. The summed E-state index contributed by atoms with van der Waals surface area (Å²) in [6.45, 7) is 1.67. The predicted molar refractivity (Wildman–Crippen MR) is 48.3 cm³/mol. The zero-order valence-electron chi connectivity index (χ0n) is 7.75. The third-order valence-corrected chi connectivity index (χ3v) is 1.75. The second-order valence-corrected chi connectivity index (χ2v) is 3.02. The molecule has 72 valence electrons. The van der Waals surface area contributed by atoms with Crippen LogP contribution in [0.4, 0.5) is 4.39 Å². The van der Waals surface area contributed by atoms with Gasteiger partial charge in [0.05, 0.1) is 13.2 Å². The van der Waals surface area contributed by atoms with Crippen LogP contribution < -0.4 is 4.74 Å². The second-order valence-electron chi connectivity index (χ2n) is 3.02. The fourth-order valence-electron chi connectivity index (χ4n) is 1.18. The zero-order valence-corrected chi connectivity index (χ0v) is 7.75. The number of hydrogen-bond donors (Lipinski definition) is 1. The normalized spacial score (nSPS) is 12.6. The van der Waals surface area contributed by atoms with Crippen molar-refractivity contribution in [1.82, 2.24) is 0 Å². The first-order valence-corrected chi connectivity index (χ1v) is 4.14. The molecule has 0 aliphatic heterocycles. The molecule has 0 aliphatic rings. The average Bonchev–Trinajstić information content (AvgIpc) is 2.03. The monoisotopic (exact) mass is 184 g/mol. The highest BCUT2D eigenvalue weighted by molar-refractivity contribution is 5.29. The third-order valence-electron chi connectivity index (χ3n) is 1.75. The fraction of sp³-hybridized carbons (Fsp3) is 0.400. The van der Waals surface area contributed by atoms with Crippen LogP contribution in [0, 0.1) is 5.82 Å². The Morgan fingerprint density at radius 2 is 2.23 bits per heavy atom. The Kier molecular flexibility index (Phi) is 3.25. The number of benzene rings is 1. The minimum Gasteiger partial charge on any atom is -0.494 e. The Hall–Kier alpha value is -1.09. The zero-order chi connectivity index (χ0) is 9.84. The topological polar surface area (TPSA) is 29.5 Å². The molecule has 0 aromatic heterocycles. The van der Waals surface area contributed by atoms with E-state index in [9.17, 15) is 4.39 Å². The van der Waals surface area contributed by atoms with Gasteiger partial charge in [0.15, 0.2) is 11.6 Å². The number of aliphatic hydroxyl groups is 1. The minimum absolute atomic E-state index is 0.231. The molecule has 0 fully saturated rings. The van der Waals surface area contributed by atoms with Crippen molar-refractivity contribution < 1.29 is 14.2 Å². The van der Waals surface area contributed by atoms with E-state index in [1.807, 2.05) is 0 Å². The quantitative estimate of drug-likeness (QED) is 0.775. The molecule has 1 rings (SSSR count). The molecule has 1 aromatic rings. The third kappa shape index (κ3) is 2.70. The van der Waals surface area contributed by atoms with Gasteiger partial charge in [0.1, 0.15) is 0 Å². The molecule has 0 saturated heterocycles. The lowest BCUT2D eigenvalue weighted by atomic mass is 10.1. The molecule has 0 amide bonds. The fourth-order valence-corrected chi connectivity index (χ4v) is 1.18. The van der Waals surface area contributed by atoms with Gasteiger partial charge in [-0.3, -0.25) is 0 Å². The molecule has 0 aliphatic carbocycles. The summed E-state index contributed by atoms with van der Waals surface area (Å²) < 4.78 is 17.9. The molecule has 13 heavy (non-hydrogen) atoms. The molecule has 0 heterocycles. The summed E-state index contributed by atoms with van der Waals surface area (Å²) in [6, 6.07) is 4.69. The molecule has 1 atom stereocenters. The van der Waals surface area contributed by atoms with E-state index in [1.165, 1.54) is 13.2 Å². The van der Waals surface area contributed by atoms with Crippen molar-refractivity contribution in [3.63, 3.8) is 0 Å². The van der Waals surface area contributed by atoms with Gasteiger partial charge in [-0.1, -0.05) is 6.07 Å². The molecule has 0 unspecified atom stereocenters. The van der Waals surface area contributed by atoms with Crippen LogP contribution in [-0.4, -0.2) is 18.3 Å². The Labute approximate surface area is 77.0 Å². The lowest BCUT2D eigenvalue weighted by Gasteiger charge is -2.06. The maximum Gasteiger partial charge on any atom is 0.165 e. The molecule has 0 spiro atoms. The van der Waals surface area contributed by atoms with Crippen LogP contribution in [0.2, 0.25) is 0 Å². The number of ether oxygens (including phenoxy) is 1. The SMILES string of the molecule is COc1ccc(C[C@H](C)O)cc1F. The summed E-state index contributed by atoms with van der Waals surface area (Å²) in [5, 5.41) is 9.07. The van der Waals surface area contributed by atoms with Gasteiger partial charge in [-0.15, -0.1) is 0 Å². The highest BCUT2D eigenvalue weighted by atomic mass is 19.1. The molecular formula is C10H13FO2. The van der Waals surface area contributed by atoms with E-state index < -0.39 is 6.10 Å². The largest absolute Gasteiger partial charge is 0.494 e. The van der Waals surface area contributed by atoms with Crippen LogP contribution in [0.1, 0.15) is 12.5 Å². The maximum absolute atomic E-state index is 13.1. The van der Waals surface area contributed by atoms with E-state index in [2.05, 4.69) is 0 Å². The van der Waals surface area contributed by atoms with Crippen LogP contribution in [0.3, 0.4) is 0 Å². The van der Waals surface area contributed by atoms with E-state index >= 15 is 0 Å². The van der Waals surface area contributed by atoms with Gasteiger partial charge in [-0.05, 0) is 31.0 Å². The summed E-state index contributed by atoms with van der Waals surface area (Å²) in [5.41, 5.74) is 0.772. The molecule has 0 saturated carbocycles. The maximum atomic E-state index is 13.1. The van der Waals surface area contributed by atoms with Gasteiger partial charge in [-0.2, -0.15) is 0 Å². The first kappa shape index (κ1) is 9.99. The second kappa shape index (κ2) is 4.23. The van der Waals surface area contributed by atoms with Crippen LogP contribution in [0.15, 0.2) is 18.2 Å². The van der Waals surface area contributed by atoms with Crippen LogP contribution in [-0.2, 0) is 6.42 Å². The van der Waals surface area contributed by atoms with Gasteiger partial charge in [0, 0.05) is 0 Å². The van der Waals surface area contributed by atoms with Crippen LogP contribution >= 0.6 is 0 Å². The Morgan fingerprint density at radius 3 is 2.69 bits per heavy atom. The van der Waals surface area contributed by atoms with Gasteiger partial charge >= 0.3 is 0 Å². The first-order chi connectivity index (χ1) is 6.13. The summed E-state index contributed by atoms with van der Waals surface area (Å²) >= 11 is 0. The summed E-state index contributed by atoms with van der Waals surface area (Å²) in [7, 11) is 1.42. The van der Waals surface area contributed by atoms with E-state index in [-0.39, 0.29) is 11.6 Å². The first-order valence-electron chi connectivity index (χ1n) is 4.14. The summed E-state index contributed by atoms with van der Waals surface area (Å²) in [5.74, 6) is -0.157. The smallest absolute Gasteiger partial charge is 0.165 e. The highest BCUT2D eigenvalue weighted by Crippen LogP contribution is 2.18. The standard InChI is InChI=1S/C10H13FO2/c1-7(12)5-8-3-4-10(13-2)9(11)6-8/h3-4,6-7,12H,5H2,1-2H3/t7-/m0/s1. The van der Waals surface area contributed by atoms with Crippen LogP contribution in [0.25, 0.3) is 0 Å². The van der Waals surface area contributed by atoms with E-state index in [4.69, 9.17) is 9.84 Å². The van der Waals surface area contributed by atoms with Crippen molar-refractivity contribution in [2.24, 2.45) is 0 Å². The molecule has 0 bridgehead atoms. The van der Waals surface area contributed by atoms with Gasteiger partial charge in [0.25, 0.3) is 0 Å². The van der Waals surface area contributed by atoms with Crippen molar-refractivity contribution >= 4 is 0 Å². The van der Waals surface area contributed by atoms with Gasteiger partial charge in [0.2, 0.25) is 0 Å². The lowest BCUT2D eigenvalue weighted by Crippen LogP contribution is -2.04. The molecule has 3 heteroatoms. The molecule has 2 nitrogen and oxygen atoms in total. The van der Waals surface area contributed by atoms with Gasteiger partial charge in [-0.25, -0.2) is 4.39 Å². The van der Waals surface area contributed by atoms with Crippen molar-refractivity contribution in [1.29, 1.82) is 0 Å². The molecular weight excluding hydrogens is 171 g/mol. The van der Waals surface area contributed by atoms with Crippen molar-refractivity contribution in [3.8, 4) is 5.75 Å². The Morgan fingerprint density at radius 1 is 1.54 bits per heavy atom. The number of methoxy groups -OCH3 is 1. The Balaban J connectivity index is 2.83. The Bertz CT molecular complexity index is 284. The summed E-state index contributed by atoms with van der Waals surface area (Å²) in [4.78, 5) is 0. The molecule has 0 radical (unpaired) electrons. The number of rotatable bonds is 3. The molecule has 1 aromatic carbocycles. The number of halogens is 1. The van der Waals surface area contributed by atoms with Crippen molar-refractivity contribution in [3.05, 3.63) is 29.6 Å². The lowest BCUT2D eigenvalue weighted by molar-refractivity contribution is 0.195. The molecule has 1 N–H and O–H groups in total. The van der Waals surface area contributed by atoms with Crippen molar-refractivity contribution in [2.75, 3.05) is 7.11 Å². The summed E-state index contributed by atoms with van der Waals surface area (Å²) in [6.07, 6.45) is 0.00812. The number of aliphatic hydroxyl groups excluding tert-OH is 1. The van der Waals surface area contributed by atoms with Gasteiger partial charge < -0.3 is 9.84 Å². The van der Waals surface area contributed by atoms with E-state index in [0.717, 1.165) is 5.56 Å². The average molecular weight is 184 g/mol. The number of hydrogen-bond acceptors (Lipinski definition) is 2.